The Labute approximate surface area is 117 Å². The molecule has 0 aromatic heterocycles. The van der Waals surface area contributed by atoms with E-state index in [-0.39, 0.29) is 11.9 Å². The number of nitrogens with one attached hydrogen (secondary N) is 1. The number of carbonyl (C=O) groups is 1. The highest BCUT2D eigenvalue weighted by Crippen LogP contribution is 2.34. The van der Waals surface area contributed by atoms with Crippen molar-refractivity contribution < 1.29 is 9.53 Å². The fourth-order valence-electron chi connectivity index (χ4n) is 1.28. The van der Waals surface area contributed by atoms with E-state index in [0.717, 1.165) is 20.3 Å². The molecule has 94 valence electrons. The smallest absolute Gasteiger partial charge is 0.234 e. The van der Waals surface area contributed by atoms with E-state index >= 15 is 0 Å². The second kappa shape index (κ2) is 6.37. The summed E-state index contributed by atoms with van der Waals surface area (Å²) in [5, 5.41) is 3.03. The highest BCUT2D eigenvalue weighted by atomic mass is 79.9. The van der Waals surface area contributed by atoms with Crippen LogP contribution >= 0.6 is 31.9 Å². The molecule has 1 rings (SSSR count). The van der Waals surface area contributed by atoms with Gasteiger partial charge in [-0.1, -0.05) is 0 Å². The number of ether oxygens (including phenoxy) is 1. The van der Waals surface area contributed by atoms with Gasteiger partial charge >= 0.3 is 0 Å². The molecule has 0 aliphatic carbocycles. The SMILES string of the molecule is COc1c(Br)cc(CNC(C)C(N)=O)cc1Br. The third-order valence-corrected chi connectivity index (χ3v) is 3.48. The summed E-state index contributed by atoms with van der Waals surface area (Å²) in [5.41, 5.74) is 6.19. The summed E-state index contributed by atoms with van der Waals surface area (Å²) < 4.78 is 6.92. The van der Waals surface area contributed by atoms with E-state index in [9.17, 15) is 4.79 Å². The summed E-state index contributed by atoms with van der Waals surface area (Å²) in [5.74, 6) is 0.383. The first-order valence-electron chi connectivity index (χ1n) is 5.00. The molecule has 0 saturated carbocycles. The Hall–Kier alpha value is -0.590. The maximum absolute atomic E-state index is 10.9. The highest BCUT2D eigenvalue weighted by molar-refractivity contribution is 9.11. The first kappa shape index (κ1) is 14.5. The quantitative estimate of drug-likeness (QED) is 0.840. The van der Waals surface area contributed by atoms with Gasteiger partial charge in [0.05, 0.1) is 22.1 Å². The van der Waals surface area contributed by atoms with Gasteiger partial charge in [-0.2, -0.15) is 0 Å². The van der Waals surface area contributed by atoms with E-state index in [2.05, 4.69) is 37.2 Å². The van der Waals surface area contributed by atoms with Crippen LogP contribution in [0.4, 0.5) is 0 Å². The van der Waals surface area contributed by atoms with Gasteiger partial charge in [0.2, 0.25) is 5.91 Å². The van der Waals surface area contributed by atoms with Crippen LogP contribution in [0.25, 0.3) is 0 Å². The number of hydrogen-bond donors (Lipinski definition) is 2. The van der Waals surface area contributed by atoms with Gasteiger partial charge in [-0.25, -0.2) is 0 Å². The van der Waals surface area contributed by atoms with Crippen molar-refractivity contribution in [1.82, 2.24) is 5.32 Å². The van der Waals surface area contributed by atoms with Crippen molar-refractivity contribution in [3.8, 4) is 5.75 Å². The van der Waals surface area contributed by atoms with E-state index in [0.29, 0.717) is 6.54 Å². The van der Waals surface area contributed by atoms with E-state index in [4.69, 9.17) is 10.5 Å². The van der Waals surface area contributed by atoms with Crippen LogP contribution in [-0.4, -0.2) is 19.1 Å². The Bertz CT molecular complexity index is 401. The van der Waals surface area contributed by atoms with Crippen molar-refractivity contribution in [2.24, 2.45) is 5.73 Å². The van der Waals surface area contributed by atoms with Crippen molar-refractivity contribution in [2.45, 2.75) is 19.5 Å². The molecule has 0 bridgehead atoms. The molecule has 1 unspecified atom stereocenters. The maximum Gasteiger partial charge on any atom is 0.234 e. The van der Waals surface area contributed by atoms with Gasteiger partial charge in [0.1, 0.15) is 5.75 Å². The number of methoxy groups -OCH3 is 1. The second-order valence-corrected chi connectivity index (χ2v) is 5.31. The molecule has 4 nitrogen and oxygen atoms in total. The number of benzene rings is 1. The summed E-state index contributed by atoms with van der Waals surface area (Å²) in [4.78, 5) is 10.9. The van der Waals surface area contributed by atoms with Crippen LogP contribution < -0.4 is 15.8 Å². The molecule has 1 aromatic rings. The maximum atomic E-state index is 10.9. The molecule has 0 spiro atoms. The number of halogens is 2. The van der Waals surface area contributed by atoms with Crippen molar-refractivity contribution in [2.75, 3.05) is 7.11 Å². The third-order valence-electron chi connectivity index (χ3n) is 2.30. The molecule has 0 aliphatic rings. The number of amides is 1. The summed E-state index contributed by atoms with van der Waals surface area (Å²) in [6.07, 6.45) is 0. The number of hydrogen-bond acceptors (Lipinski definition) is 3. The summed E-state index contributed by atoms with van der Waals surface area (Å²) in [6, 6.07) is 3.52. The molecule has 0 fully saturated rings. The predicted molar refractivity (Wildman–Crippen MR) is 73.9 cm³/mol. The molecule has 0 aliphatic heterocycles. The number of rotatable bonds is 5. The largest absolute Gasteiger partial charge is 0.494 e. The Morgan fingerprint density at radius 1 is 1.47 bits per heavy atom. The first-order chi connectivity index (χ1) is 7.95. The second-order valence-electron chi connectivity index (χ2n) is 3.60. The summed E-state index contributed by atoms with van der Waals surface area (Å²) >= 11 is 6.84. The van der Waals surface area contributed by atoms with Gasteiger partial charge < -0.3 is 15.8 Å². The lowest BCUT2D eigenvalue weighted by Gasteiger charge is -2.12. The van der Waals surface area contributed by atoms with Crippen LogP contribution in [0.1, 0.15) is 12.5 Å². The Kier molecular flexibility index (Phi) is 5.42. The number of nitrogens with two attached hydrogens (primary N) is 1. The minimum Gasteiger partial charge on any atom is -0.494 e. The van der Waals surface area contributed by atoms with Gasteiger partial charge in [0, 0.05) is 6.54 Å². The average Bonchev–Trinajstić information content (AvgIpc) is 2.25. The van der Waals surface area contributed by atoms with E-state index < -0.39 is 0 Å². The highest BCUT2D eigenvalue weighted by Gasteiger charge is 2.10. The third kappa shape index (κ3) is 3.97. The molecule has 1 amide bonds. The molecule has 3 N–H and O–H groups in total. The minimum atomic E-state index is -0.364. The topological polar surface area (TPSA) is 64.3 Å². The zero-order valence-electron chi connectivity index (χ0n) is 9.59. The van der Waals surface area contributed by atoms with Gasteiger partial charge in [0.25, 0.3) is 0 Å². The van der Waals surface area contributed by atoms with Crippen molar-refractivity contribution in [3.05, 3.63) is 26.6 Å². The van der Waals surface area contributed by atoms with Crippen LogP contribution in [0, 0.1) is 0 Å². The Morgan fingerprint density at radius 3 is 2.41 bits per heavy atom. The van der Waals surface area contributed by atoms with Crippen LogP contribution in [0.2, 0.25) is 0 Å². The molecule has 0 radical (unpaired) electrons. The fraction of sp³-hybridized carbons (Fsp3) is 0.364. The van der Waals surface area contributed by atoms with Crippen LogP contribution in [0.15, 0.2) is 21.1 Å². The van der Waals surface area contributed by atoms with Crippen molar-refractivity contribution >= 4 is 37.8 Å². The number of primary amides is 1. The molecule has 0 saturated heterocycles. The van der Waals surface area contributed by atoms with Gasteiger partial charge in [0.15, 0.2) is 0 Å². The molecule has 0 heterocycles. The van der Waals surface area contributed by atoms with E-state index in [1.54, 1.807) is 14.0 Å². The zero-order valence-corrected chi connectivity index (χ0v) is 12.8. The lowest BCUT2D eigenvalue weighted by atomic mass is 10.2. The van der Waals surface area contributed by atoms with Gasteiger partial charge in [-0.05, 0) is 56.5 Å². The van der Waals surface area contributed by atoms with Gasteiger partial charge in [-0.15, -0.1) is 0 Å². The van der Waals surface area contributed by atoms with Gasteiger partial charge in [-0.3, -0.25) is 4.79 Å². The van der Waals surface area contributed by atoms with Crippen LogP contribution in [-0.2, 0) is 11.3 Å². The van der Waals surface area contributed by atoms with Crippen LogP contribution in [0.3, 0.4) is 0 Å². The summed E-state index contributed by atoms with van der Waals surface area (Å²) in [7, 11) is 1.61. The predicted octanol–water partition coefficient (Wildman–Crippen LogP) is 2.18. The molecular weight excluding hydrogens is 352 g/mol. The molecular formula is C11H14Br2N2O2. The lowest BCUT2D eigenvalue weighted by molar-refractivity contribution is -0.119. The van der Waals surface area contributed by atoms with Crippen molar-refractivity contribution in [1.29, 1.82) is 0 Å². The average molecular weight is 366 g/mol. The molecule has 1 atom stereocenters. The van der Waals surface area contributed by atoms with E-state index in [1.807, 2.05) is 12.1 Å². The molecule has 17 heavy (non-hydrogen) atoms. The number of carbonyl (C=O) groups excluding carboxylic acids is 1. The van der Waals surface area contributed by atoms with Crippen molar-refractivity contribution in [3.63, 3.8) is 0 Å². The van der Waals surface area contributed by atoms with Crippen LogP contribution in [0.5, 0.6) is 5.75 Å². The zero-order chi connectivity index (χ0) is 13.0. The monoisotopic (exact) mass is 364 g/mol. The summed E-state index contributed by atoms with van der Waals surface area (Å²) in [6.45, 7) is 2.29. The molecule has 1 aromatic carbocycles. The molecule has 6 heteroatoms. The normalized spacial score (nSPS) is 12.2. The van der Waals surface area contributed by atoms with E-state index in [1.165, 1.54) is 0 Å². The minimum absolute atomic E-state index is 0.352. The first-order valence-corrected chi connectivity index (χ1v) is 6.59. The standard InChI is InChI=1S/C11H14Br2N2O2/c1-6(11(14)16)15-5-7-3-8(12)10(17-2)9(13)4-7/h3-4,6,15H,5H2,1-2H3,(H2,14,16). The Balaban J connectivity index is 2.77. The Morgan fingerprint density at radius 2 is 2.00 bits per heavy atom. The lowest BCUT2D eigenvalue weighted by Crippen LogP contribution is -2.38. The fourth-order valence-corrected chi connectivity index (χ4v) is 2.89.